The molecule has 0 saturated carbocycles. The van der Waals surface area contributed by atoms with Gasteiger partial charge in [-0.2, -0.15) is 4.31 Å². The molecule has 0 radical (unpaired) electrons. The number of amides is 1. The van der Waals surface area contributed by atoms with Crippen LogP contribution in [0.1, 0.15) is 15.9 Å². The van der Waals surface area contributed by atoms with Gasteiger partial charge in [-0.15, -0.1) is 0 Å². The molecular weight excluding hydrogens is 554 g/mol. The SMILES string of the molecule is COc1ccc(NC(=O)c2ccc(NS(=O)(=O)c3ccc(C)cc3)c(Cl)c2)cc1S(=O)(=O)N1CCOCC1. The van der Waals surface area contributed by atoms with E-state index in [2.05, 4.69) is 10.0 Å². The van der Waals surface area contributed by atoms with Crippen LogP contribution in [-0.2, 0) is 24.8 Å². The zero-order valence-corrected chi connectivity index (χ0v) is 23.0. The summed E-state index contributed by atoms with van der Waals surface area (Å²) < 4.78 is 66.0. The minimum atomic E-state index is -3.89. The van der Waals surface area contributed by atoms with E-state index in [1.165, 1.54) is 59.9 Å². The Morgan fingerprint density at radius 2 is 1.66 bits per heavy atom. The molecule has 38 heavy (non-hydrogen) atoms. The van der Waals surface area contributed by atoms with Crippen molar-refractivity contribution in [2.24, 2.45) is 0 Å². The molecule has 1 heterocycles. The number of carbonyl (C=O) groups is 1. The first kappa shape index (κ1) is 27.9. The van der Waals surface area contributed by atoms with Crippen LogP contribution >= 0.6 is 11.6 Å². The zero-order valence-electron chi connectivity index (χ0n) is 20.6. The first-order chi connectivity index (χ1) is 18.0. The predicted molar refractivity (Wildman–Crippen MR) is 144 cm³/mol. The number of sulfonamides is 2. The maximum absolute atomic E-state index is 13.2. The van der Waals surface area contributed by atoms with Crippen molar-refractivity contribution in [3.05, 3.63) is 76.8 Å². The van der Waals surface area contributed by atoms with Crippen LogP contribution in [0.3, 0.4) is 0 Å². The molecule has 202 valence electrons. The van der Waals surface area contributed by atoms with Crippen LogP contribution in [-0.4, -0.2) is 60.5 Å². The Kier molecular flexibility index (Phi) is 8.28. The zero-order chi connectivity index (χ0) is 27.5. The molecule has 13 heteroatoms. The molecule has 1 fully saturated rings. The van der Waals surface area contributed by atoms with E-state index in [1.807, 2.05) is 6.92 Å². The fourth-order valence-corrected chi connectivity index (χ4v) is 6.70. The van der Waals surface area contributed by atoms with Gasteiger partial charge in [-0.25, -0.2) is 16.8 Å². The number of morpholine rings is 1. The fraction of sp³-hybridized carbons (Fsp3) is 0.240. The third kappa shape index (κ3) is 6.11. The number of methoxy groups -OCH3 is 1. The lowest BCUT2D eigenvalue weighted by atomic mass is 10.2. The van der Waals surface area contributed by atoms with Crippen molar-refractivity contribution in [2.45, 2.75) is 16.7 Å². The smallest absolute Gasteiger partial charge is 0.261 e. The number of rotatable bonds is 8. The van der Waals surface area contributed by atoms with Crippen LogP contribution in [0, 0.1) is 6.92 Å². The molecule has 0 aromatic heterocycles. The second kappa shape index (κ2) is 11.3. The van der Waals surface area contributed by atoms with Crippen molar-refractivity contribution in [2.75, 3.05) is 43.5 Å². The lowest BCUT2D eigenvalue weighted by Crippen LogP contribution is -2.40. The number of benzene rings is 3. The topological polar surface area (TPSA) is 131 Å². The molecule has 1 aliphatic heterocycles. The van der Waals surface area contributed by atoms with Gasteiger partial charge in [-0.1, -0.05) is 29.3 Å². The molecule has 3 aromatic rings. The van der Waals surface area contributed by atoms with E-state index in [4.69, 9.17) is 21.1 Å². The van der Waals surface area contributed by atoms with E-state index in [0.29, 0.717) is 0 Å². The van der Waals surface area contributed by atoms with Gasteiger partial charge in [0.05, 0.1) is 35.9 Å². The van der Waals surface area contributed by atoms with Crippen molar-refractivity contribution in [1.82, 2.24) is 4.31 Å². The van der Waals surface area contributed by atoms with Crippen molar-refractivity contribution < 1.29 is 31.1 Å². The summed E-state index contributed by atoms with van der Waals surface area (Å²) in [4.78, 5) is 12.9. The first-order valence-corrected chi connectivity index (χ1v) is 14.8. The molecule has 0 atom stereocenters. The van der Waals surface area contributed by atoms with Gasteiger partial charge < -0.3 is 14.8 Å². The number of hydrogen-bond donors (Lipinski definition) is 2. The van der Waals surface area contributed by atoms with Gasteiger partial charge in [-0.05, 0) is 55.5 Å². The van der Waals surface area contributed by atoms with Crippen LogP contribution in [0.15, 0.2) is 70.5 Å². The fourth-order valence-electron chi connectivity index (χ4n) is 3.75. The Morgan fingerprint density at radius 3 is 2.29 bits per heavy atom. The summed E-state index contributed by atoms with van der Waals surface area (Å²) in [6, 6.07) is 14.7. The normalized spacial score (nSPS) is 14.6. The molecule has 1 amide bonds. The van der Waals surface area contributed by atoms with Gasteiger partial charge >= 0.3 is 0 Å². The van der Waals surface area contributed by atoms with E-state index >= 15 is 0 Å². The molecule has 0 bridgehead atoms. The summed E-state index contributed by atoms with van der Waals surface area (Å²) in [5, 5.41) is 2.66. The van der Waals surface area contributed by atoms with Crippen molar-refractivity contribution in [3.8, 4) is 5.75 Å². The lowest BCUT2D eigenvalue weighted by Gasteiger charge is -2.26. The van der Waals surface area contributed by atoms with Crippen LogP contribution in [0.5, 0.6) is 5.75 Å². The minimum absolute atomic E-state index is 0.0126. The maximum Gasteiger partial charge on any atom is 0.261 e. The highest BCUT2D eigenvalue weighted by Gasteiger charge is 2.29. The highest BCUT2D eigenvalue weighted by molar-refractivity contribution is 7.92. The Bertz CT molecular complexity index is 1550. The molecule has 0 unspecified atom stereocenters. The average molecular weight is 580 g/mol. The molecule has 0 aliphatic carbocycles. The number of halogens is 1. The standard InChI is InChI=1S/C25H26ClN3O7S2/c1-17-3-7-20(8-4-17)37(31,32)28-22-9-5-18(15-21(22)26)25(30)27-19-6-10-23(35-2)24(16-19)38(33,34)29-11-13-36-14-12-29/h3-10,15-16,28H,11-14H2,1-2H3,(H,27,30). The Morgan fingerprint density at radius 1 is 0.974 bits per heavy atom. The molecule has 10 nitrogen and oxygen atoms in total. The Hall–Kier alpha value is -3.16. The molecule has 0 spiro atoms. The number of carbonyl (C=O) groups excluding carboxylic acids is 1. The second-order valence-electron chi connectivity index (χ2n) is 8.45. The molecule has 1 aliphatic rings. The lowest BCUT2D eigenvalue weighted by molar-refractivity contribution is 0.0729. The van der Waals surface area contributed by atoms with E-state index < -0.39 is 26.0 Å². The van der Waals surface area contributed by atoms with E-state index in [-0.39, 0.29) is 63.8 Å². The third-order valence-electron chi connectivity index (χ3n) is 5.82. The van der Waals surface area contributed by atoms with Crippen LogP contribution in [0.4, 0.5) is 11.4 Å². The molecule has 1 saturated heterocycles. The number of ether oxygens (including phenoxy) is 2. The summed E-state index contributed by atoms with van der Waals surface area (Å²) >= 11 is 6.29. The number of anilines is 2. The summed E-state index contributed by atoms with van der Waals surface area (Å²) in [6.07, 6.45) is 0. The van der Waals surface area contributed by atoms with Crippen LogP contribution in [0.25, 0.3) is 0 Å². The average Bonchev–Trinajstić information content (AvgIpc) is 2.90. The van der Waals surface area contributed by atoms with Crippen molar-refractivity contribution >= 4 is 48.9 Å². The van der Waals surface area contributed by atoms with Gasteiger partial charge in [-0.3, -0.25) is 9.52 Å². The summed E-state index contributed by atoms with van der Waals surface area (Å²) in [5.41, 5.74) is 1.39. The maximum atomic E-state index is 13.2. The molecule has 3 aromatic carbocycles. The largest absolute Gasteiger partial charge is 0.495 e. The van der Waals surface area contributed by atoms with Gasteiger partial charge in [0.15, 0.2) is 0 Å². The molecule has 2 N–H and O–H groups in total. The quantitative estimate of drug-likeness (QED) is 0.416. The highest BCUT2D eigenvalue weighted by atomic mass is 35.5. The minimum Gasteiger partial charge on any atom is -0.495 e. The number of nitrogens with zero attached hydrogens (tertiary/aromatic N) is 1. The van der Waals surface area contributed by atoms with E-state index in [9.17, 15) is 21.6 Å². The van der Waals surface area contributed by atoms with Gasteiger partial charge in [0.1, 0.15) is 10.6 Å². The van der Waals surface area contributed by atoms with E-state index in [0.717, 1.165) is 5.56 Å². The predicted octanol–water partition coefficient (Wildman–Crippen LogP) is 3.73. The number of nitrogens with one attached hydrogen (secondary N) is 2. The van der Waals surface area contributed by atoms with Crippen LogP contribution in [0.2, 0.25) is 5.02 Å². The summed E-state index contributed by atoms with van der Waals surface area (Å²) in [5.74, 6) is -0.428. The first-order valence-electron chi connectivity index (χ1n) is 11.5. The number of hydrogen-bond acceptors (Lipinski definition) is 7. The second-order valence-corrected chi connectivity index (χ2v) is 12.4. The van der Waals surface area contributed by atoms with Crippen molar-refractivity contribution in [3.63, 3.8) is 0 Å². The summed E-state index contributed by atoms with van der Waals surface area (Å²) in [7, 11) is -6.41. The summed E-state index contributed by atoms with van der Waals surface area (Å²) in [6.45, 7) is 2.84. The van der Waals surface area contributed by atoms with Gasteiger partial charge in [0.25, 0.3) is 15.9 Å². The Balaban J connectivity index is 1.53. The Labute approximate surface area is 226 Å². The molecule has 4 rings (SSSR count). The van der Waals surface area contributed by atoms with Gasteiger partial charge in [0.2, 0.25) is 10.0 Å². The number of aryl methyl sites for hydroxylation is 1. The van der Waals surface area contributed by atoms with Crippen molar-refractivity contribution in [1.29, 1.82) is 0 Å². The highest BCUT2D eigenvalue weighted by Crippen LogP contribution is 2.31. The molecular formula is C25H26ClN3O7S2. The monoisotopic (exact) mass is 579 g/mol. The van der Waals surface area contributed by atoms with E-state index in [1.54, 1.807) is 12.1 Å². The third-order valence-corrected chi connectivity index (χ3v) is 9.43. The van der Waals surface area contributed by atoms with Crippen LogP contribution < -0.4 is 14.8 Å². The van der Waals surface area contributed by atoms with Gasteiger partial charge in [0, 0.05) is 24.3 Å².